The van der Waals surface area contributed by atoms with Crippen molar-refractivity contribution in [1.29, 1.82) is 0 Å². The van der Waals surface area contributed by atoms with E-state index in [0.29, 0.717) is 0 Å². The molecule has 0 atom stereocenters. The molecular weight excluding hydrogens is 601 g/mol. The quantitative estimate of drug-likeness (QED) is 0.190. The molecule has 3 heterocycles. The summed E-state index contributed by atoms with van der Waals surface area (Å²) in [5.74, 6) is 1.07. The summed E-state index contributed by atoms with van der Waals surface area (Å²) in [5, 5.41) is 5.75. The summed E-state index contributed by atoms with van der Waals surface area (Å²) in [6, 6.07) is 47.7. The van der Waals surface area contributed by atoms with Gasteiger partial charge in [-0.25, -0.2) is 0 Å². The summed E-state index contributed by atoms with van der Waals surface area (Å²) in [5.41, 5.74) is 11.8. The Morgan fingerprint density at radius 3 is 2.12 bits per heavy atom. The van der Waals surface area contributed by atoms with Crippen molar-refractivity contribution in [2.45, 2.75) is 12.8 Å². The lowest BCUT2D eigenvalue weighted by atomic mass is 9.98. The van der Waals surface area contributed by atoms with Crippen molar-refractivity contribution in [3.05, 3.63) is 163 Å². The highest BCUT2D eigenvalue weighted by atomic mass is 16.3. The van der Waals surface area contributed by atoms with E-state index in [9.17, 15) is 0 Å². The molecule has 0 saturated heterocycles. The first-order valence-corrected chi connectivity index (χ1v) is 16.7. The molecule has 3 aromatic heterocycles. The number of benzene rings is 6. The number of hydrogen-bond acceptors (Lipinski definition) is 4. The Balaban J connectivity index is 1.08. The number of aromatic nitrogens is 1. The molecule has 4 nitrogen and oxygen atoms in total. The molecule has 0 N–H and O–H groups in total. The van der Waals surface area contributed by atoms with Gasteiger partial charge in [-0.1, -0.05) is 84.9 Å². The highest BCUT2D eigenvalue weighted by molar-refractivity contribution is 6.06. The number of nitrogens with zero attached hydrogens (tertiary/aromatic N) is 2. The van der Waals surface area contributed by atoms with Crippen LogP contribution in [0.1, 0.15) is 17.7 Å². The highest BCUT2D eigenvalue weighted by Crippen LogP contribution is 2.41. The predicted molar refractivity (Wildman–Crippen MR) is 202 cm³/mol. The zero-order valence-electron chi connectivity index (χ0n) is 26.6. The monoisotopic (exact) mass is 630 g/mol. The Hall–Kier alpha value is -6.39. The molecule has 49 heavy (non-hydrogen) atoms. The minimum atomic E-state index is 0.853. The Morgan fingerprint density at radius 1 is 0.531 bits per heavy atom. The third kappa shape index (κ3) is 4.64. The zero-order chi connectivity index (χ0) is 32.3. The van der Waals surface area contributed by atoms with Crippen molar-refractivity contribution < 1.29 is 8.83 Å². The number of rotatable bonds is 5. The summed E-state index contributed by atoms with van der Waals surface area (Å²) in [6.45, 7) is 0. The van der Waals surface area contributed by atoms with Gasteiger partial charge >= 0.3 is 0 Å². The molecule has 0 amide bonds. The number of furan rings is 2. The van der Waals surface area contributed by atoms with Gasteiger partial charge in [0.1, 0.15) is 22.5 Å². The van der Waals surface area contributed by atoms with Gasteiger partial charge in [-0.15, -0.1) is 0 Å². The fraction of sp³-hybridized carbons (Fsp3) is 0.0444. The highest BCUT2D eigenvalue weighted by Gasteiger charge is 2.19. The number of anilines is 3. The SMILES string of the molecule is C1=Cc2c(oc3ccc(N(c4ccc(-c5ccc6oc7ccncc7c6c5)cc4)c4ccc(-c5cccc6ccccc56)cc4)cc23)CC1. The van der Waals surface area contributed by atoms with Crippen LogP contribution in [-0.2, 0) is 6.42 Å². The minimum Gasteiger partial charge on any atom is -0.460 e. The largest absolute Gasteiger partial charge is 0.460 e. The van der Waals surface area contributed by atoms with Crippen LogP contribution >= 0.6 is 0 Å². The van der Waals surface area contributed by atoms with E-state index in [2.05, 4.69) is 149 Å². The topological polar surface area (TPSA) is 42.4 Å². The van der Waals surface area contributed by atoms with Crippen LogP contribution in [0.25, 0.3) is 72.0 Å². The lowest BCUT2D eigenvalue weighted by Crippen LogP contribution is -2.09. The Labute approximate surface area is 283 Å². The van der Waals surface area contributed by atoms with Gasteiger partial charge in [0.2, 0.25) is 0 Å². The van der Waals surface area contributed by atoms with Crippen LogP contribution in [0.15, 0.2) is 161 Å². The Bertz CT molecular complexity index is 2710. The van der Waals surface area contributed by atoms with Crippen molar-refractivity contribution in [2.75, 3.05) is 4.90 Å². The summed E-state index contributed by atoms with van der Waals surface area (Å²) in [4.78, 5) is 6.66. The van der Waals surface area contributed by atoms with Gasteiger partial charge in [0.15, 0.2) is 0 Å². The maximum atomic E-state index is 6.27. The van der Waals surface area contributed by atoms with Gasteiger partial charge < -0.3 is 13.7 Å². The average molecular weight is 631 g/mol. The molecule has 0 bridgehead atoms. The first-order valence-electron chi connectivity index (χ1n) is 16.7. The van der Waals surface area contributed by atoms with E-state index in [4.69, 9.17) is 8.83 Å². The van der Waals surface area contributed by atoms with Crippen LogP contribution in [0.3, 0.4) is 0 Å². The van der Waals surface area contributed by atoms with Crippen LogP contribution in [0.5, 0.6) is 0 Å². The molecule has 0 radical (unpaired) electrons. The molecule has 0 aliphatic heterocycles. The Kier molecular flexibility index (Phi) is 6.28. The lowest BCUT2D eigenvalue weighted by Gasteiger charge is -2.26. The Morgan fingerprint density at radius 2 is 1.24 bits per heavy atom. The summed E-state index contributed by atoms with van der Waals surface area (Å²) < 4.78 is 12.3. The van der Waals surface area contributed by atoms with Crippen LogP contribution in [-0.4, -0.2) is 4.98 Å². The molecule has 232 valence electrons. The van der Waals surface area contributed by atoms with E-state index < -0.39 is 0 Å². The molecule has 4 heteroatoms. The van der Waals surface area contributed by atoms with E-state index in [1.807, 2.05) is 12.3 Å². The van der Waals surface area contributed by atoms with Crippen molar-refractivity contribution in [3.63, 3.8) is 0 Å². The number of pyridine rings is 1. The molecule has 0 saturated carbocycles. The van der Waals surface area contributed by atoms with E-state index in [1.165, 1.54) is 27.5 Å². The molecule has 10 rings (SSSR count). The van der Waals surface area contributed by atoms with E-state index >= 15 is 0 Å². The smallest absolute Gasteiger partial charge is 0.138 e. The molecular formula is C45H30N2O2. The summed E-state index contributed by atoms with van der Waals surface area (Å²) in [6.07, 6.45) is 10.1. The van der Waals surface area contributed by atoms with Gasteiger partial charge in [0, 0.05) is 57.6 Å². The van der Waals surface area contributed by atoms with Gasteiger partial charge in [-0.2, -0.15) is 0 Å². The third-order valence-corrected chi connectivity index (χ3v) is 9.82. The van der Waals surface area contributed by atoms with Crippen LogP contribution < -0.4 is 4.90 Å². The number of aryl methyl sites for hydroxylation is 1. The maximum absolute atomic E-state index is 6.27. The molecule has 0 fully saturated rings. The molecule has 1 aliphatic rings. The number of fused-ring (bicyclic) bond motifs is 7. The normalized spacial score (nSPS) is 12.7. The summed E-state index contributed by atoms with van der Waals surface area (Å²) in [7, 11) is 0. The van der Waals surface area contributed by atoms with Gasteiger partial charge in [-0.3, -0.25) is 4.98 Å². The van der Waals surface area contributed by atoms with E-state index in [0.717, 1.165) is 79.7 Å². The first kappa shape index (κ1) is 27.7. The molecule has 0 unspecified atom stereocenters. The van der Waals surface area contributed by atoms with Crippen LogP contribution in [0.4, 0.5) is 17.1 Å². The maximum Gasteiger partial charge on any atom is 0.138 e. The minimum absolute atomic E-state index is 0.853. The van der Waals surface area contributed by atoms with Crippen molar-refractivity contribution in [3.8, 4) is 22.3 Å². The lowest BCUT2D eigenvalue weighted by molar-refractivity contribution is 0.546. The average Bonchev–Trinajstić information content (AvgIpc) is 3.73. The van der Waals surface area contributed by atoms with Crippen molar-refractivity contribution in [1.82, 2.24) is 4.98 Å². The second-order valence-electron chi connectivity index (χ2n) is 12.7. The second kappa shape index (κ2) is 11.1. The summed E-state index contributed by atoms with van der Waals surface area (Å²) >= 11 is 0. The standard InChI is InChI=1S/C45H30N2O2/c1-2-8-36-30(6-1)7-5-10-37(36)31-14-19-34(20-15-31)47(35-21-23-44-40(27-35)38-9-3-4-11-42(38)48-44)33-17-12-29(13-18-33)32-16-22-43-39(26-32)41-28-46-25-24-45(41)49-43/h1-3,5-10,12-28H,4,11H2. The third-order valence-electron chi connectivity index (χ3n) is 9.82. The van der Waals surface area contributed by atoms with Crippen LogP contribution in [0.2, 0.25) is 0 Å². The predicted octanol–water partition coefficient (Wildman–Crippen LogP) is 12.6. The molecule has 0 spiro atoms. The van der Waals surface area contributed by atoms with Gasteiger partial charge in [0.05, 0.1) is 0 Å². The first-order chi connectivity index (χ1) is 24.3. The van der Waals surface area contributed by atoms with Crippen molar-refractivity contribution >= 4 is 66.8 Å². The van der Waals surface area contributed by atoms with Gasteiger partial charge in [0.25, 0.3) is 0 Å². The number of hydrogen-bond donors (Lipinski definition) is 0. The fourth-order valence-electron chi connectivity index (χ4n) is 7.40. The molecule has 1 aliphatic carbocycles. The molecule has 9 aromatic rings. The van der Waals surface area contributed by atoms with Crippen LogP contribution in [0, 0.1) is 0 Å². The number of allylic oxidation sites excluding steroid dienone is 1. The fourth-order valence-corrected chi connectivity index (χ4v) is 7.40. The second-order valence-corrected chi connectivity index (χ2v) is 12.7. The van der Waals surface area contributed by atoms with E-state index in [-0.39, 0.29) is 0 Å². The van der Waals surface area contributed by atoms with Gasteiger partial charge in [-0.05, 0) is 100 Å². The van der Waals surface area contributed by atoms with Crippen molar-refractivity contribution in [2.24, 2.45) is 0 Å². The zero-order valence-corrected chi connectivity index (χ0v) is 26.6. The molecule has 6 aromatic carbocycles. The van der Waals surface area contributed by atoms with E-state index in [1.54, 1.807) is 6.20 Å².